The zero-order chi connectivity index (χ0) is 9.26. The van der Waals surface area contributed by atoms with Crippen molar-refractivity contribution in [3.8, 4) is 0 Å². The van der Waals surface area contributed by atoms with E-state index in [2.05, 4.69) is 10.4 Å². The molecule has 0 spiro atoms. The minimum atomic E-state index is -0.133. The van der Waals surface area contributed by atoms with Gasteiger partial charge in [-0.15, -0.1) is 0 Å². The van der Waals surface area contributed by atoms with Gasteiger partial charge in [0.05, 0.1) is 0 Å². The number of hydrogen-bond donors (Lipinski definition) is 3. The highest BCUT2D eigenvalue weighted by atomic mass is 16.1. The lowest BCUT2D eigenvalue weighted by atomic mass is 10.2. The summed E-state index contributed by atoms with van der Waals surface area (Å²) in [5.74, 6) is 5.71. The summed E-state index contributed by atoms with van der Waals surface area (Å²) in [5, 5.41) is 1.54. The molecule has 0 saturated heterocycles. The summed E-state index contributed by atoms with van der Waals surface area (Å²) in [6.45, 7) is 0. The first kappa shape index (κ1) is 7.82. The third kappa shape index (κ3) is 1.27. The number of hydrazine groups is 1. The van der Waals surface area contributed by atoms with Gasteiger partial charge in [0.1, 0.15) is 5.82 Å². The van der Waals surface area contributed by atoms with Gasteiger partial charge in [-0.3, -0.25) is 4.79 Å². The molecule has 2 rings (SSSR count). The molecule has 2 aromatic rings. The summed E-state index contributed by atoms with van der Waals surface area (Å²) in [5.41, 5.74) is 2.27. The first-order valence-corrected chi connectivity index (χ1v) is 3.90. The van der Waals surface area contributed by atoms with Crippen LogP contribution < -0.4 is 16.8 Å². The Balaban J connectivity index is 2.85. The molecule has 4 heteroatoms. The summed E-state index contributed by atoms with van der Waals surface area (Å²) in [6.07, 6.45) is 0. The normalized spacial score (nSPS) is 10.2. The van der Waals surface area contributed by atoms with Crippen LogP contribution in [0.5, 0.6) is 0 Å². The number of hydrogen-bond acceptors (Lipinski definition) is 3. The Morgan fingerprint density at radius 3 is 2.85 bits per heavy atom. The summed E-state index contributed by atoms with van der Waals surface area (Å²) < 4.78 is 0. The molecule has 13 heavy (non-hydrogen) atoms. The van der Waals surface area contributed by atoms with Gasteiger partial charge < -0.3 is 10.4 Å². The van der Waals surface area contributed by atoms with E-state index in [0.717, 1.165) is 5.39 Å². The molecule has 66 valence electrons. The average Bonchev–Trinajstić information content (AvgIpc) is 2.18. The van der Waals surface area contributed by atoms with Crippen molar-refractivity contribution < 1.29 is 0 Å². The Morgan fingerprint density at radius 1 is 1.31 bits per heavy atom. The predicted molar refractivity (Wildman–Crippen MR) is 52.4 cm³/mol. The van der Waals surface area contributed by atoms with E-state index in [4.69, 9.17) is 5.84 Å². The molecule has 4 N–H and O–H groups in total. The number of anilines is 1. The van der Waals surface area contributed by atoms with Crippen LogP contribution in [0.4, 0.5) is 5.82 Å². The van der Waals surface area contributed by atoms with Crippen molar-refractivity contribution in [3.63, 3.8) is 0 Å². The fourth-order valence-corrected chi connectivity index (χ4v) is 1.29. The molecular formula is C9H9N3O. The number of pyridine rings is 1. The largest absolute Gasteiger partial charge is 0.310 e. The van der Waals surface area contributed by atoms with Gasteiger partial charge in [-0.05, 0) is 17.5 Å². The van der Waals surface area contributed by atoms with Gasteiger partial charge in [-0.25, -0.2) is 5.84 Å². The Labute approximate surface area is 74.4 Å². The van der Waals surface area contributed by atoms with Gasteiger partial charge in [0.25, 0.3) is 5.56 Å². The van der Waals surface area contributed by atoms with Gasteiger partial charge >= 0.3 is 0 Å². The van der Waals surface area contributed by atoms with Crippen LogP contribution in [0.1, 0.15) is 0 Å². The maximum atomic E-state index is 11.4. The molecule has 0 bridgehead atoms. The topological polar surface area (TPSA) is 70.9 Å². The van der Waals surface area contributed by atoms with Gasteiger partial charge in [0.2, 0.25) is 0 Å². The number of nitrogens with two attached hydrogens (primary N) is 1. The van der Waals surface area contributed by atoms with E-state index in [0.29, 0.717) is 11.2 Å². The van der Waals surface area contributed by atoms with E-state index >= 15 is 0 Å². The minimum absolute atomic E-state index is 0.133. The summed E-state index contributed by atoms with van der Waals surface area (Å²) in [7, 11) is 0. The molecule has 1 aromatic carbocycles. The number of aromatic amines is 1. The van der Waals surface area contributed by atoms with Crippen LogP contribution in [0.3, 0.4) is 0 Å². The van der Waals surface area contributed by atoms with Crippen LogP contribution in [0.15, 0.2) is 35.1 Å². The van der Waals surface area contributed by atoms with E-state index in [1.54, 1.807) is 12.1 Å². The van der Waals surface area contributed by atoms with Crippen molar-refractivity contribution in [1.29, 1.82) is 0 Å². The summed E-state index contributed by atoms with van der Waals surface area (Å²) in [6, 6.07) is 9.13. The monoisotopic (exact) mass is 175 g/mol. The van der Waals surface area contributed by atoms with Crippen LogP contribution in [-0.4, -0.2) is 4.98 Å². The molecule has 0 saturated carbocycles. The van der Waals surface area contributed by atoms with E-state index in [9.17, 15) is 4.79 Å². The highest BCUT2D eigenvalue weighted by molar-refractivity contribution is 5.83. The van der Waals surface area contributed by atoms with Crippen LogP contribution in [0.2, 0.25) is 0 Å². The number of rotatable bonds is 1. The van der Waals surface area contributed by atoms with E-state index in [-0.39, 0.29) is 5.56 Å². The second-order valence-electron chi connectivity index (χ2n) is 2.74. The zero-order valence-corrected chi connectivity index (χ0v) is 6.87. The molecule has 0 atom stereocenters. The molecule has 0 unspecified atom stereocenters. The van der Waals surface area contributed by atoms with E-state index in [1.807, 2.05) is 18.2 Å². The summed E-state index contributed by atoms with van der Waals surface area (Å²) >= 11 is 0. The third-order valence-electron chi connectivity index (χ3n) is 1.91. The van der Waals surface area contributed by atoms with Crippen LogP contribution in [-0.2, 0) is 0 Å². The quantitative estimate of drug-likeness (QED) is 0.443. The predicted octanol–water partition coefficient (Wildman–Crippen LogP) is 0.814. The summed E-state index contributed by atoms with van der Waals surface area (Å²) in [4.78, 5) is 14.0. The SMILES string of the molecule is NNc1cc2ccccc2c(=O)[nH]1. The van der Waals surface area contributed by atoms with Gasteiger partial charge in [0, 0.05) is 5.39 Å². The molecule has 1 heterocycles. The highest BCUT2D eigenvalue weighted by Crippen LogP contribution is 2.11. The number of benzene rings is 1. The number of H-pyrrole nitrogens is 1. The van der Waals surface area contributed by atoms with Crippen LogP contribution in [0, 0.1) is 0 Å². The Bertz CT molecular complexity index is 489. The number of nitrogen functional groups attached to an aromatic ring is 1. The third-order valence-corrected chi connectivity index (χ3v) is 1.91. The number of nitrogens with one attached hydrogen (secondary N) is 2. The molecular weight excluding hydrogens is 166 g/mol. The molecule has 0 amide bonds. The maximum absolute atomic E-state index is 11.4. The second kappa shape index (κ2) is 2.91. The fourth-order valence-electron chi connectivity index (χ4n) is 1.29. The first-order valence-electron chi connectivity index (χ1n) is 3.90. The highest BCUT2D eigenvalue weighted by Gasteiger charge is 1.98. The molecule has 1 aromatic heterocycles. The zero-order valence-electron chi connectivity index (χ0n) is 6.87. The average molecular weight is 175 g/mol. The Morgan fingerprint density at radius 2 is 2.08 bits per heavy atom. The second-order valence-corrected chi connectivity index (χ2v) is 2.74. The van der Waals surface area contributed by atoms with Gasteiger partial charge in [0.15, 0.2) is 0 Å². The van der Waals surface area contributed by atoms with E-state index in [1.165, 1.54) is 0 Å². The lowest BCUT2D eigenvalue weighted by Gasteiger charge is -2.01. The number of aromatic nitrogens is 1. The van der Waals surface area contributed by atoms with Crippen molar-refractivity contribution in [2.45, 2.75) is 0 Å². The van der Waals surface area contributed by atoms with Gasteiger partial charge in [-0.2, -0.15) is 0 Å². The van der Waals surface area contributed by atoms with Crippen LogP contribution >= 0.6 is 0 Å². The van der Waals surface area contributed by atoms with Crippen molar-refractivity contribution in [2.75, 3.05) is 5.43 Å². The van der Waals surface area contributed by atoms with Crippen molar-refractivity contribution in [1.82, 2.24) is 4.98 Å². The van der Waals surface area contributed by atoms with Crippen LogP contribution in [0.25, 0.3) is 10.8 Å². The lowest BCUT2D eigenvalue weighted by Crippen LogP contribution is -2.14. The Kier molecular flexibility index (Phi) is 1.75. The Hall–Kier alpha value is -1.81. The fraction of sp³-hybridized carbons (Fsp3) is 0. The molecule has 0 aliphatic rings. The number of fused-ring (bicyclic) bond motifs is 1. The van der Waals surface area contributed by atoms with Crippen molar-refractivity contribution >= 4 is 16.6 Å². The van der Waals surface area contributed by atoms with Gasteiger partial charge in [-0.1, -0.05) is 18.2 Å². The molecule has 0 aliphatic heterocycles. The molecule has 0 fully saturated rings. The van der Waals surface area contributed by atoms with Crippen molar-refractivity contribution in [3.05, 3.63) is 40.7 Å². The van der Waals surface area contributed by atoms with Crippen molar-refractivity contribution in [2.24, 2.45) is 5.84 Å². The minimum Gasteiger partial charge on any atom is -0.310 e. The molecule has 0 radical (unpaired) electrons. The molecule has 0 aliphatic carbocycles. The smallest absolute Gasteiger partial charge is 0.257 e. The first-order chi connectivity index (χ1) is 6.31. The van der Waals surface area contributed by atoms with E-state index < -0.39 is 0 Å². The lowest BCUT2D eigenvalue weighted by molar-refractivity contribution is 1.20. The standard InChI is InChI=1S/C9H9N3O/c10-12-8-5-6-3-1-2-4-7(6)9(13)11-8/h1-5H,10H2,(H2,11,12,13). The molecule has 4 nitrogen and oxygen atoms in total. The maximum Gasteiger partial charge on any atom is 0.257 e.